The predicted molar refractivity (Wildman–Crippen MR) is 89.3 cm³/mol. The van der Waals surface area contributed by atoms with Crippen LogP contribution in [0.2, 0.25) is 0 Å². The van der Waals surface area contributed by atoms with Crippen LogP contribution in [0, 0.1) is 0 Å². The van der Waals surface area contributed by atoms with Gasteiger partial charge >= 0.3 is 0 Å². The zero-order chi connectivity index (χ0) is 16.7. The number of rotatable bonds is 3. The monoisotopic (exact) mass is 317 g/mol. The number of hydrogen-bond donors (Lipinski definition) is 1. The van der Waals surface area contributed by atoms with Crippen LogP contribution in [0.4, 0.5) is 0 Å². The van der Waals surface area contributed by atoms with Crippen LogP contribution in [0.5, 0.6) is 0 Å². The molecule has 1 aromatic rings. The summed E-state index contributed by atoms with van der Waals surface area (Å²) in [6, 6.07) is 4.28. The number of nitrogens with one attached hydrogen (secondary N) is 1. The maximum atomic E-state index is 12.5. The minimum atomic E-state index is -0.176. The van der Waals surface area contributed by atoms with Gasteiger partial charge in [0.15, 0.2) is 0 Å². The Morgan fingerprint density at radius 1 is 1.39 bits per heavy atom. The van der Waals surface area contributed by atoms with E-state index in [1.165, 1.54) is 0 Å². The highest BCUT2D eigenvalue weighted by Gasteiger charge is 2.46. The third-order valence-electron chi connectivity index (χ3n) is 4.90. The number of ether oxygens (including phenoxy) is 1. The summed E-state index contributed by atoms with van der Waals surface area (Å²) >= 11 is 0. The maximum Gasteiger partial charge on any atom is 0.255 e. The van der Waals surface area contributed by atoms with Crippen LogP contribution in [0.15, 0.2) is 24.5 Å². The van der Waals surface area contributed by atoms with Gasteiger partial charge in [-0.1, -0.05) is 0 Å². The van der Waals surface area contributed by atoms with E-state index in [0.717, 1.165) is 25.9 Å². The van der Waals surface area contributed by atoms with E-state index in [-0.39, 0.29) is 17.1 Å². The number of pyridine rings is 1. The summed E-state index contributed by atoms with van der Waals surface area (Å²) in [4.78, 5) is 18.4. The lowest BCUT2D eigenvalue weighted by molar-refractivity contribution is -0.0703. The predicted octanol–water partition coefficient (Wildman–Crippen LogP) is 2.23. The molecule has 0 unspecified atom stereocenters. The zero-order valence-corrected chi connectivity index (χ0v) is 14.5. The number of nitrogens with zero attached hydrogens (tertiary/aromatic N) is 2. The zero-order valence-electron chi connectivity index (χ0n) is 14.5. The smallest absolute Gasteiger partial charge is 0.255 e. The number of aromatic nitrogens is 1. The Kier molecular flexibility index (Phi) is 4.19. The van der Waals surface area contributed by atoms with Gasteiger partial charge in [0.05, 0.1) is 16.8 Å². The molecule has 2 saturated heterocycles. The number of hydrogen-bond acceptors (Lipinski definition) is 4. The van der Waals surface area contributed by atoms with Gasteiger partial charge in [-0.25, -0.2) is 0 Å². The lowest BCUT2D eigenvalue weighted by Crippen LogP contribution is -2.49. The Bertz CT molecular complexity index is 571. The van der Waals surface area contributed by atoms with Gasteiger partial charge in [-0.15, -0.1) is 0 Å². The van der Waals surface area contributed by atoms with Crippen molar-refractivity contribution in [1.29, 1.82) is 0 Å². The summed E-state index contributed by atoms with van der Waals surface area (Å²) < 4.78 is 6.15. The Hall–Kier alpha value is -1.46. The molecule has 0 radical (unpaired) electrons. The Labute approximate surface area is 138 Å². The lowest BCUT2D eigenvalue weighted by atomic mass is 9.93. The van der Waals surface area contributed by atoms with Gasteiger partial charge in [-0.2, -0.15) is 0 Å². The first kappa shape index (κ1) is 16.4. The molecule has 2 fully saturated rings. The molecule has 23 heavy (non-hydrogen) atoms. The first-order valence-corrected chi connectivity index (χ1v) is 8.42. The molecule has 3 heterocycles. The largest absolute Gasteiger partial charge is 0.368 e. The lowest BCUT2D eigenvalue weighted by Gasteiger charge is -2.30. The van der Waals surface area contributed by atoms with Crippen LogP contribution in [0.25, 0.3) is 0 Å². The van der Waals surface area contributed by atoms with Gasteiger partial charge in [0.2, 0.25) is 0 Å². The molecule has 1 N–H and O–H groups in total. The van der Waals surface area contributed by atoms with Gasteiger partial charge in [0.25, 0.3) is 5.91 Å². The molecular formula is C18H27N3O2. The fraction of sp³-hybridized carbons (Fsp3) is 0.667. The van der Waals surface area contributed by atoms with Crippen molar-refractivity contribution in [2.75, 3.05) is 13.1 Å². The fourth-order valence-corrected chi connectivity index (χ4v) is 3.86. The fourth-order valence-electron chi connectivity index (χ4n) is 3.86. The first-order valence-electron chi connectivity index (χ1n) is 8.42. The summed E-state index contributed by atoms with van der Waals surface area (Å²) in [5, 5.41) is 3.73. The van der Waals surface area contributed by atoms with E-state index in [1.54, 1.807) is 18.5 Å². The SMILES string of the molecule is CC1(C)C[C@H](N[C@@H]2CCN(C(=O)c3cccnc3)C2)C(C)(C)O1. The van der Waals surface area contributed by atoms with E-state index >= 15 is 0 Å². The molecule has 3 rings (SSSR count). The maximum absolute atomic E-state index is 12.5. The first-order chi connectivity index (χ1) is 10.8. The highest BCUT2D eigenvalue weighted by atomic mass is 16.5. The number of likely N-dealkylation sites (tertiary alicyclic amines) is 1. The van der Waals surface area contributed by atoms with Crippen molar-refractivity contribution in [3.63, 3.8) is 0 Å². The Morgan fingerprint density at radius 2 is 2.17 bits per heavy atom. The van der Waals surface area contributed by atoms with Gasteiger partial charge in [0, 0.05) is 37.6 Å². The minimum absolute atomic E-state index is 0.0738. The summed E-state index contributed by atoms with van der Waals surface area (Å²) in [6.07, 6.45) is 5.31. The topological polar surface area (TPSA) is 54.5 Å². The van der Waals surface area contributed by atoms with Crippen LogP contribution in [0.1, 0.15) is 50.9 Å². The molecule has 0 bridgehead atoms. The molecule has 1 amide bonds. The normalized spacial score (nSPS) is 29.0. The van der Waals surface area contributed by atoms with Crippen molar-refractivity contribution in [2.45, 2.75) is 63.8 Å². The Morgan fingerprint density at radius 3 is 2.78 bits per heavy atom. The summed E-state index contributed by atoms with van der Waals surface area (Å²) in [6.45, 7) is 10.1. The summed E-state index contributed by atoms with van der Waals surface area (Å²) in [5.41, 5.74) is 0.397. The Balaban J connectivity index is 1.59. The van der Waals surface area contributed by atoms with Crippen molar-refractivity contribution in [3.8, 4) is 0 Å². The second-order valence-corrected chi connectivity index (χ2v) is 7.87. The second-order valence-electron chi connectivity index (χ2n) is 7.87. The molecule has 1 aromatic heterocycles. The summed E-state index contributed by atoms with van der Waals surface area (Å²) in [7, 11) is 0. The molecule has 2 aliphatic rings. The number of carbonyl (C=O) groups excluding carboxylic acids is 1. The molecule has 0 saturated carbocycles. The van der Waals surface area contributed by atoms with Gasteiger partial charge in [-0.3, -0.25) is 9.78 Å². The van der Waals surface area contributed by atoms with Gasteiger partial charge in [0.1, 0.15) is 0 Å². The van der Waals surface area contributed by atoms with E-state index in [4.69, 9.17) is 4.74 Å². The summed E-state index contributed by atoms with van der Waals surface area (Å²) in [5.74, 6) is 0.0738. The van der Waals surface area contributed by atoms with Crippen LogP contribution in [0.3, 0.4) is 0 Å². The van der Waals surface area contributed by atoms with Crippen LogP contribution < -0.4 is 5.32 Å². The highest BCUT2D eigenvalue weighted by Crippen LogP contribution is 2.37. The third-order valence-corrected chi connectivity index (χ3v) is 4.90. The average Bonchev–Trinajstić information content (AvgIpc) is 3.01. The molecule has 2 atom stereocenters. The van der Waals surface area contributed by atoms with E-state index < -0.39 is 0 Å². The number of amides is 1. The van der Waals surface area contributed by atoms with Crippen LogP contribution in [-0.4, -0.2) is 52.2 Å². The molecule has 0 aliphatic carbocycles. The van der Waals surface area contributed by atoms with E-state index in [2.05, 4.69) is 38.0 Å². The van der Waals surface area contributed by atoms with E-state index in [1.807, 2.05) is 11.0 Å². The van der Waals surface area contributed by atoms with Crippen LogP contribution >= 0.6 is 0 Å². The molecular weight excluding hydrogens is 290 g/mol. The quantitative estimate of drug-likeness (QED) is 0.929. The molecule has 2 aliphatic heterocycles. The second kappa shape index (κ2) is 5.87. The number of carbonyl (C=O) groups is 1. The minimum Gasteiger partial charge on any atom is -0.368 e. The molecule has 0 spiro atoms. The van der Waals surface area contributed by atoms with Crippen LogP contribution in [-0.2, 0) is 4.74 Å². The van der Waals surface area contributed by atoms with E-state index in [9.17, 15) is 4.79 Å². The molecule has 5 nitrogen and oxygen atoms in total. The van der Waals surface area contributed by atoms with E-state index in [0.29, 0.717) is 17.6 Å². The van der Waals surface area contributed by atoms with Crippen molar-refractivity contribution >= 4 is 5.91 Å². The molecule has 5 heteroatoms. The van der Waals surface area contributed by atoms with Crippen molar-refractivity contribution < 1.29 is 9.53 Å². The van der Waals surface area contributed by atoms with Crippen molar-refractivity contribution in [2.24, 2.45) is 0 Å². The highest BCUT2D eigenvalue weighted by molar-refractivity contribution is 5.94. The molecule has 0 aromatic carbocycles. The average molecular weight is 317 g/mol. The van der Waals surface area contributed by atoms with Crippen molar-refractivity contribution in [3.05, 3.63) is 30.1 Å². The van der Waals surface area contributed by atoms with Gasteiger partial charge in [-0.05, 0) is 52.7 Å². The third kappa shape index (κ3) is 3.56. The van der Waals surface area contributed by atoms with Gasteiger partial charge < -0.3 is 15.0 Å². The molecule has 126 valence electrons. The standard InChI is InChI=1S/C18H27N3O2/c1-17(2)10-15(18(3,4)23-17)20-14-7-9-21(12-14)16(22)13-6-5-8-19-11-13/h5-6,8,11,14-15,20H,7,9-10,12H2,1-4H3/t14-,15+/m1/s1. The van der Waals surface area contributed by atoms with Crippen molar-refractivity contribution in [1.82, 2.24) is 15.2 Å².